The lowest BCUT2D eigenvalue weighted by Gasteiger charge is -2.32. The lowest BCUT2D eigenvalue weighted by atomic mass is 10.1. The van der Waals surface area contributed by atoms with E-state index in [-0.39, 0.29) is 24.5 Å². The van der Waals surface area contributed by atoms with Crippen molar-refractivity contribution in [3.8, 4) is 5.75 Å². The highest BCUT2D eigenvalue weighted by Crippen LogP contribution is 2.22. The van der Waals surface area contributed by atoms with Crippen molar-refractivity contribution < 1.29 is 14.3 Å². The van der Waals surface area contributed by atoms with E-state index in [9.17, 15) is 9.59 Å². The first kappa shape index (κ1) is 14.4. The molecule has 1 aliphatic rings. The third-order valence-corrected chi connectivity index (χ3v) is 3.13. The van der Waals surface area contributed by atoms with E-state index in [2.05, 4.69) is 5.32 Å². The predicted molar refractivity (Wildman–Crippen MR) is 76.8 cm³/mol. The highest BCUT2D eigenvalue weighted by Gasteiger charge is 2.32. The minimum Gasteiger partial charge on any atom is -0.491 e. The predicted octanol–water partition coefficient (Wildman–Crippen LogP) is 1.72. The summed E-state index contributed by atoms with van der Waals surface area (Å²) >= 11 is 0. The van der Waals surface area contributed by atoms with Gasteiger partial charge in [-0.05, 0) is 44.5 Å². The molecule has 0 radical (unpaired) electrons. The highest BCUT2D eigenvalue weighted by molar-refractivity contribution is 6.06. The summed E-state index contributed by atoms with van der Waals surface area (Å²) < 4.78 is 5.56. The molecule has 1 unspecified atom stereocenters. The van der Waals surface area contributed by atoms with Gasteiger partial charge in [0, 0.05) is 5.69 Å². The average molecular weight is 276 g/mol. The first-order valence-electron chi connectivity index (χ1n) is 6.88. The summed E-state index contributed by atoms with van der Waals surface area (Å²) in [5.74, 6) is 0.563. The second-order valence-corrected chi connectivity index (χ2v) is 5.11. The summed E-state index contributed by atoms with van der Waals surface area (Å²) in [6.07, 6.45) is 0.697. The summed E-state index contributed by atoms with van der Waals surface area (Å²) in [5.41, 5.74) is 0.722. The van der Waals surface area contributed by atoms with Gasteiger partial charge in [-0.15, -0.1) is 0 Å². The van der Waals surface area contributed by atoms with E-state index in [1.165, 1.54) is 4.90 Å². The molecule has 1 aromatic rings. The van der Waals surface area contributed by atoms with Crippen molar-refractivity contribution in [1.82, 2.24) is 5.32 Å². The van der Waals surface area contributed by atoms with Crippen LogP contribution in [-0.4, -0.2) is 30.5 Å². The maximum Gasteiger partial charge on any atom is 0.250 e. The molecule has 108 valence electrons. The first-order chi connectivity index (χ1) is 9.51. The molecular weight excluding hydrogens is 256 g/mol. The van der Waals surface area contributed by atoms with Gasteiger partial charge in [0.25, 0.3) is 0 Å². The van der Waals surface area contributed by atoms with Gasteiger partial charge in [-0.1, -0.05) is 6.92 Å². The number of ether oxygens (including phenoxy) is 1. The number of amides is 2. The molecule has 0 aromatic heterocycles. The van der Waals surface area contributed by atoms with Crippen molar-refractivity contribution in [2.45, 2.75) is 39.3 Å². The molecule has 1 fully saturated rings. The zero-order chi connectivity index (χ0) is 14.7. The SMILES string of the molecule is CCC1NC(=O)CN(c2ccc(OC(C)C)cc2)C1=O. The third kappa shape index (κ3) is 3.10. The quantitative estimate of drug-likeness (QED) is 0.911. The van der Waals surface area contributed by atoms with Crippen LogP contribution in [0.3, 0.4) is 0 Å². The number of nitrogens with one attached hydrogen (secondary N) is 1. The highest BCUT2D eigenvalue weighted by atomic mass is 16.5. The Hall–Kier alpha value is -2.04. The van der Waals surface area contributed by atoms with Gasteiger partial charge in [-0.3, -0.25) is 9.59 Å². The molecule has 1 aliphatic heterocycles. The maximum atomic E-state index is 12.2. The minimum absolute atomic E-state index is 0.0652. The third-order valence-electron chi connectivity index (χ3n) is 3.13. The fourth-order valence-electron chi connectivity index (χ4n) is 2.18. The van der Waals surface area contributed by atoms with E-state index in [0.29, 0.717) is 6.42 Å². The molecule has 0 aliphatic carbocycles. The number of piperazine rings is 1. The van der Waals surface area contributed by atoms with Crippen molar-refractivity contribution in [3.05, 3.63) is 24.3 Å². The molecule has 1 saturated heterocycles. The van der Waals surface area contributed by atoms with Gasteiger partial charge in [0.1, 0.15) is 18.3 Å². The molecule has 0 bridgehead atoms. The van der Waals surface area contributed by atoms with Crippen LogP contribution >= 0.6 is 0 Å². The van der Waals surface area contributed by atoms with Crippen molar-refractivity contribution in [3.63, 3.8) is 0 Å². The summed E-state index contributed by atoms with van der Waals surface area (Å²) in [6.45, 7) is 5.86. The standard InChI is InChI=1S/C15H20N2O3/c1-4-13-15(19)17(9-14(18)16-13)11-5-7-12(8-6-11)20-10(2)3/h5-8,10,13H,4,9H2,1-3H3,(H,16,18). The Balaban J connectivity index is 2.17. The molecule has 1 atom stereocenters. The molecule has 2 amide bonds. The van der Waals surface area contributed by atoms with Crippen LogP contribution in [0.1, 0.15) is 27.2 Å². The number of benzene rings is 1. The number of carbonyl (C=O) groups excluding carboxylic acids is 2. The first-order valence-corrected chi connectivity index (χ1v) is 6.88. The Morgan fingerprint density at radius 1 is 1.30 bits per heavy atom. The molecule has 1 aromatic carbocycles. The van der Waals surface area contributed by atoms with Gasteiger partial charge >= 0.3 is 0 Å². The largest absolute Gasteiger partial charge is 0.491 e. The van der Waals surface area contributed by atoms with Crippen LogP contribution in [-0.2, 0) is 9.59 Å². The molecule has 20 heavy (non-hydrogen) atoms. The number of hydrogen-bond donors (Lipinski definition) is 1. The summed E-state index contributed by atoms with van der Waals surface area (Å²) in [4.78, 5) is 25.4. The van der Waals surface area contributed by atoms with E-state index in [4.69, 9.17) is 4.74 Å². The summed E-state index contributed by atoms with van der Waals surface area (Å²) in [6, 6.07) is 6.82. The van der Waals surface area contributed by atoms with Crippen LogP contribution in [0.15, 0.2) is 24.3 Å². The maximum absolute atomic E-state index is 12.2. The molecule has 2 rings (SSSR count). The van der Waals surface area contributed by atoms with Gasteiger partial charge in [-0.25, -0.2) is 0 Å². The van der Waals surface area contributed by atoms with Crippen LogP contribution < -0.4 is 15.0 Å². The number of rotatable bonds is 4. The van der Waals surface area contributed by atoms with Crippen LogP contribution in [0.4, 0.5) is 5.69 Å². The molecular formula is C15H20N2O3. The zero-order valence-electron chi connectivity index (χ0n) is 12.1. The Kier molecular flexibility index (Phi) is 4.27. The number of carbonyl (C=O) groups is 2. The Labute approximate surface area is 118 Å². The van der Waals surface area contributed by atoms with Gasteiger partial charge in [0.05, 0.1) is 6.10 Å². The lowest BCUT2D eigenvalue weighted by molar-refractivity contribution is -0.131. The summed E-state index contributed by atoms with van der Waals surface area (Å²) in [5, 5.41) is 2.70. The van der Waals surface area contributed by atoms with E-state index in [1.54, 1.807) is 12.1 Å². The normalized spacial score (nSPS) is 19.2. The van der Waals surface area contributed by atoms with Crippen LogP contribution in [0.5, 0.6) is 5.75 Å². The lowest BCUT2D eigenvalue weighted by Crippen LogP contribution is -2.58. The van der Waals surface area contributed by atoms with E-state index in [0.717, 1.165) is 11.4 Å². The fraction of sp³-hybridized carbons (Fsp3) is 0.467. The summed E-state index contributed by atoms with van der Waals surface area (Å²) in [7, 11) is 0. The Morgan fingerprint density at radius 3 is 2.50 bits per heavy atom. The van der Waals surface area contributed by atoms with Crippen molar-refractivity contribution in [1.29, 1.82) is 0 Å². The Bertz CT molecular complexity index is 496. The Morgan fingerprint density at radius 2 is 1.95 bits per heavy atom. The van der Waals surface area contributed by atoms with E-state index in [1.807, 2.05) is 32.9 Å². The van der Waals surface area contributed by atoms with Crippen molar-refractivity contribution in [2.24, 2.45) is 0 Å². The fourth-order valence-corrected chi connectivity index (χ4v) is 2.18. The monoisotopic (exact) mass is 276 g/mol. The van der Waals surface area contributed by atoms with Crippen LogP contribution in [0.25, 0.3) is 0 Å². The van der Waals surface area contributed by atoms with Crippen molar-refractivity contribution in [2.75, 3.05) is 11.4 Å². The van der Waals surface area contributed by atoms with E-state index >= 15 is 0 Å². The van der Waals surface area contributed by atoms with Crippen LogP contribution in [0.2, 0.25) is 0 Å². The minimum atomic E-state index is -0.428. The molecule has 5 heteroatoms. The molecule has 5 nitrogen and oxygen atoms in total. The van der Waals surface area contributed by atoms with Gasteiger partial charge < -0.3 is 15.0 Å². The molecule has 1 heterocycles. The van der Waals surface area contributed by atoms with Crippen molar-refractivity contribution >= 4 is 17.5 Å². The van der Waals surface area contributed by atoms with E-state index < -0.39 is 6.04 Å². The topological polar surface area (TPSA) is 58.6 Å². The molecule has 0 spiro atoms. The van der Waals surface area contributed by atoms with Crippen LogP contribution in [0, 0.1) is 0 Å². The van der Waals surface area contributed by atoms with Gasteiger partial charge in [0.15, 0.2) is 0 Å². The zero-order valence-corrected chi connectivity index (χ0v) is 12.1. The van der Waals surface area contributed by atoms with Gasteiger partial charge in [-0.2, -0.15) is 0 Å². The second kappa shape index (κ2) is 5.94. The second-order valence-electron chi connectivity index (χ2n) is 5.11. The smallest absolute Gasteiger partial charge is 0.250 e. The van der Waals surface area contributed by atoms with Gasteiger partial charge in [0.2, 0.25) is 11.8 Å². The number of nitrogens with zero attached hydrogens (tertiary/aromatic N) is 1. The number of anilines is 1. The average Bonchev–Trinajstić information content (AvgIpc) is 2.41. The number of hydrogen-bond acceptors (Lipinski definition) is 3. The molecule has 0 saturated carbocycles. The molecule has 1 N–H and O–H groups in total.